The van der Waals surface area contributed by atoms with E-state index in [9.17, 15) is 0 Å². The van der Waals surface area contributed by atoms with E-state index < -0.39 is 0 Å². The Balaban J connectivity index is 1.66. The Hall–Kier alpha value is -2.86. The van der Waals surface area contributed by atoms with E-state index in [1.165, 1.54) is 22.3 Å². The zero-order chi connectivity index (χ0) is 15.0. The molecule has 0 aliphatic rings. The second-order valence-electron chi connectivity index (χ2n) is 5.12. The van der Waals surface area contributed by atoms with Gasteiger partial charge in [-0.25, -0.2) is 0 Å². The van der Waals surface area contributed by atoms with E-state index in [2.05, 4.69) is 85.0 Å². The molecule has 0 amide bonds. The Morgan fingerprint density at radius 1 is 0.409 bits per heavy atom. The van der Waals surface area contributed by atoms with Crippen LogP contribution < -0.4 is 0 Å². The molecular weight excluding hydrogens is 264 g/mol. The van der Waals surface area contributed by atoms with Crippen LogP contribution in [0.15, 0.2) is 97.1 Å². The fourth-order valence-corrected chi connectivity index (χ4v) is 2.31. The van der Waals surface area contributed by atoms with Crippen LogP contribution in [0.4, 0.5) is 0 Å². The van der Waals surface area contributed by atoms with Gasteiger partial charge in [-0.1, -0.05) is 109 Å². The molecule has 0 bridgehead atoms. The summed E-state index contributed by atoms with van der Waals surface area (Å²) in [6, 6.07) is 29.4. The van der Waals surface area contributed by atoms with Crippen molar-refractivity contribution in [1.82, 2.24) is 0 Å². The summed E-state index contributed by atoms with van der Waals surface area (Å²) in [6.07, 6.45) is 8.37. The van der Waals surface area contributed by atoms with Gasteiger partial charge in [-0.15, -0.1) is 0 Å². The van der Waals surface area contributed by atoms with E-state index in [1.54, 1.807) is 0 Å². The number of hydrogen-bond donors (Lipinski definition) is 0. The maximum absolute atomic E-state index is 2.16. The Morgan fingerprint density at radius 3 is 1.45 bits per heavy atom. The van der Waals surface area contributed by atoms with Gasteiger partial charge in [-0.05, 0) is 22.3 Å². The van der Waals surface area contributed by atoms with Crippen LogP contribution in [0.2, 0.25) is 0 Å². The summed E-state index contributed by atoms with van der Waals surface area (Å²) in [5, 5.41) is 0. The molecule has 106 valence electrons. The Kier molecular flexibility index (Phi) is 4.63. The lowest BCUT2D eigenvalue weighted by atomic mass is 10.0. The minimum absolute atomic E-state index is 1.21. The molecule has 0 N–H and O–H groups in total. The topological polar surface area (TPSA) is 0 Å². The molecule has 0 spiro atoms. The van der Waals surface area contributed by atoms with Crippen LogP contribution in [-0.2, 0) is 0 Å². The molecule has 0 atom stereocenters. The number of rotatable bonds is 4. The van der Waals surface area contributed by atoms with Crippen LogP contribution in [0, 0.1) is 0 Å². The number of hydrogen-bond acceptors (Lipinski definition) is 0. The smallest absolute Gasteiger partial charge is 0.0184 e. The van der Waals surface area contributed by atoms with Crippen molar-refractivity contribution in [2.24, 2.45) is 0 Å². The largest absolute Gasteiger partial charge is 0.0622 e. The summed E-state index contributed by atoms with van der Waals surface area (Å²) in [7, 11) is 0. The van der Waals surface area contributed by atoms with Crippen molar-refractivity contribution < 1.29 is 0 Å². The van der Waals surface area contributed by atoms with Gasteiger partial charge in [-0.2, -0.15) is 0 Å². The molecule has 0 radical (unpaired) electrons. The quantitative estimate of drug-likeness (QED) is 0.509. The van der Waals surface area contributed by atoms with E-state index in [4.69, 9.17) is 0 Å². The molecule has 3 aromatic rings. The lowest BCUT2D eigenvalue weighted by Gasteiger charge is -2.01. The van der Waals surface area contributed by atoms with Gasteiger partial charge < -0.3 is 0 Å². The second-order valence-corrected chi connectivity index (χ2v) is 5.12. The molecule has 3 aromatic carbocycles. The summed E-state index contributed by atoms with van der Waals surface area (Å²) in [6.45, 7) is 0. The molecule has 0 saturated heterocycles. The first-order chi connectivity index (χ1) is 10.9. The van der Waals surface area contributed by atoms with Crippen LogP contribution in [-0.4, -0.2) is 0 Å². The summed E-state index contributed by atoms with van der Waals surface area (Å²) in [4.78, 5) is 0. The highest BCUT2D eigenvalue weighted by Gasteiger charge is 1.95. The number of benzene rings is 3. The van der Waals surface area contributed by atoms with Gasteiger partial charge in [0.2, 0.25) is 0 Å². The molecule has 22 heavy (non-hydrogen) atoms. The second kappa shape index (κ2) is 7.24. The fraction of sp³-hybridized carbons (Fsp3) is 0. The van der Waals surface area contributed by atoms with E-state index >= 15 is 0 Å². The Morgan fingerprint density at radius 2 is 0.864 bits per heavy atom. The van der Waals surface area contributed by atoms with Gasteiger partial charge in [0, 0.05) is 0 Å². The standard InChI is InChI=1S/C22H18/c1-3-9-19(10-4-1)11-7-8-12-20-15-17-22(18-16-20)21-13-5-2-6-14-21/h1-18H. The van der Waals surface area contributed by atoms with Crippen molar-refractivity contribution in [3.8, 4) is 11.1 Å². The highest BCUT2D eigenvalue weighted by molar-refractivity contribution is 5.66. The molecule has 0 aliphatic heterocycles. The van der Waals surface area contributed by atoms with E-state index in [1.807, 2.05) is 24.3 Å². The van der Waals surface area contributed by atoms with Gasteiger partial charge in [0.15, 0.2) is 0 Å². The van der Waals surface area contributed by atoms with Crippen LogP contribution in [0.25, 0.3) is 23.3 Å². The molecule has 0 saturated carbocycles. The van der Waals surface area contributed by atoms with Crippen LogP contribution in [0.3, 0.4) is 0 Å². The summed E-state index contributed by atoms with van der Waals surface area (Å²) in [5.74, 6) is 0. The normalized spacial score (nSPS) is 11.3. The van der Waals surface area contributed by atoms with Crippen molar-refractivity contribution in [2.75, 3.05) is 0 Å². The van der Waals surface area contributed by atoms with Crippen molar-refractivity contribution in [3.05, 3.63) is 108 Å². The molecule has 0 heteroatoms. The first-order valence-corrected chi connectivity index (χ1v) is 7.47. The van der Waals surface area contributed by atoms with Crippen molar-refractivity contribution in [2.45, 2.75) is 0 Å². The molecule has 0 fully saturated rings. The van der Waals surface area contributed by atoms with Crippen molar-refractivity contribution in [3.63, 3.8) is 0 Å². The van der Waals surface area contributed by atoms with Crippen LogP contribution in [0.5, 0.6) is 0 Å². The van der Waals surface area contributed by atoms with Crippen LogP contribution >= 0.6 is 0 Å². The lowest BCUT2D eigenvalue weighted by Crippen LogP contribution is -1.77. The highest BCUT2D eigenvalue weighted by Crippen LogP contribution is 2.19. The highest BCUT2D eigenvalue weighted by atomic mass is 14.0. The zero-order valence-electron chi connectivity index (χ0n) is 12.4. The Labute approximate surface area is 132 Å². The van der Waals surface area contributed by atoms with Crippen LogP contribution in [0.1, 0.15) is 11.1 Å². The maximum atomic E-state index is 2.16. The summed E-state index contributed by atoms with van der Waals surface area (Å²) in [5.41, 5.74) is 4.92. The minimum Gasteiger partial charge on any atom is -0.0622 e. The predicted octanol–water partition coefficient (Wildman–Crippen LogP) is 6.08. The third-order valence-electron chi connectivity index (χ3n) is 3.51. The minimum atomic E-state index is 1.21. The maximum Gasteiger partial charge on any atom is -0.0184 e. The monoisotopic (exact) mass is 282 g/mol. The first kappa shape index (κ1) is 14.1. The fourth-order valence-electron chi connectivity index (χ4n) is 2.31. The van der Waals surface area contributed by atoms with Gasteiger partial charge in [0.1, 0.15) is 0 Å². The third-order valence-corrected chi connectivity index (χ3v) is 3.51. The van der Waals surface area contributed by atoms with Crippen molar-refractivity contribution in [1.29, 1.82) is 0 Å². The van der Waals surface area contributed by atoms with Gasteiger partial charge in [0.05, 0.1) is 0 Å². The average molecular weight is 282 g/mol. The SMILES string of the molecule is C(C=Cc1ccc(-c2ccccc2)cc1)=Cc1ccccc1. The summed E-state index contributed by atoms with van der Waals surface area (Å²) < 4.78 is 0. The molecule has 0 nitrogen and oxygen atoms in total. The molecule has 0 unspecified atom stereocenters. The molecule has 0 aliphatic carbocycles. The lowest BCUT2D eigenvalue weighted by molar-refractivity contribution is 1.60. The first-order valence-electron chi connectivity index (χ1n) is 7.47. The average Bonchev–Trinajstić information content (AvgIpc) is 2.61. The van der Waals surface area contributed by atoms with E-state index in [0.29, 0.717) is 0 Å². The van der Waals surface area contributed by atoms with E-state index in [0.717, 1.165) is 0 Å². The third kappa shape index (κ3) is 3.83. The zero-order valence-corrected chi connectivity index (χ0v) is 12.4. The van der Waals surface area contributed by atoms with Crippen molar-refractivity contribution >= 4 is 12.2 Å². The van der Waals surface area contributed by atoms with Gasteiger partial charge in [0.25, 0.3) is 0 Å². The van der Waals surface area contributed by atoms with Gasteiger partial charge >= 0.3 is 0 Å². The molecule has 0 aromatic heterocycles. The molecular formula is C22H18. The predicted molar refractivity (Wildman–Crippen MR) is 96.4 cm³/mol. The van der Waals surface area contributed by atoms with E-state index in [-0.39, 0.29) is 0 Å². The number of allylic oxidation sites excluding steroid dienone is 2. The summed E-state index contributed by atoms with van der Waals surface area (Å²) >= 11 is 0. The Bertz CT molecular complexity index is 748. The molecule has 0 heterocycles. The van der Waals surface area contributed by atoms with Gasteiger partial charge in [-0.3, -0.25) is 0 Å². The molecule has 3 rings (SSSR count).